The van der Waals surface area contributed by atoms with Gasteiger partial charge in [0, 0.05) is 29.4 Å². The average molecular weight is 304 g/mol. The van der Waals surface area contributed by atoms with Crippen LogP contribution in [0.1, 0.15) is 25.0 Å². The van der Waals surface area contributed by atoms with Crippen molar-refractivity contribution in [1.82, 2.24) is 4.90 Å². The van der Waals surface area contributed by atoms with Crippen LogP contribution < -0.4 is 10.5 Å². The SMILES string of the molecule is CC(C)N(Cc1cc(N)cc2c1OCOC2)CC(F)(F)F. The number of rotatable bonds is 4. The van der Waals surface area contributed by atoms with E-state index >= 15 is 0 Å². The molecule has 0 bridgehead atoms. The van der Waals surface area contributed by atoms with Gasteiger partial charge in [-0.15, -0.1) is 0 Å². The zero-order valence-corrected chi connectivity index (χ0v) is 12.0. The van der Waals surface area contributed by atoms with Gasteiger partial charge in [0.15, 0.2) is 6.79 Å². The van der Waals surface area contributed by atoms with E-state index in [1.165, 1.54) is 4.90 Å². The summed E-state index contributed by atoms with van der Waals surface area (Å²) in [5, 5.41) is 0. The van der Waals surface area contributed by atoms with Crippen molar-refractivity contribution in [2.24, 2.45) is 0 Å². The van der Waals surface area contributed by atoms with Crippen molar-refractivity contribution in [2.75, 3.05) is 19.1 Å². The zero-order valence-electron chi connectivity index (χ0n) is 12.0. The van der Waals surface area contributed by atoms with Crippen molar-refractivity contribution in [3.05, 3.63) is 23.3 Å². The summed E-state index contributed by atoms with van der Waals surface area (Å²) in [6, 6.07) is 3.14. The van der Waals surface area contributed by atoms with Crippen LogP contribution in [0.25, 0.3) is 0 Å². The summed E-state index contributed by atoms with van der Waals surface area (Å²) in [7, 11) is 0. The van der Waals surface area contributed by atoms with Gasteiger partial charge in [0.25, 0.3) is 0 Å². The molecule has 21 heavy (non-hydrogen) atoms. The lowest BCUT2D eigenvalue weighted by molar-refractivity contribution is -0.151. The second kappa shape index (κ2) is 6.11. The van der Waals surface area contributed by atoms with E-state index in [-0.39, 0.29) is 19.4 Å². The molecular weight excluding hydrogens is 285 g/mol. The first kappa shape index (κ1) is 15.9. The molecular formula is C14H19F3N2O2. The fourth-order valence-electron chi connectivity index (χ4n) is 2.31. The number of nitrogen functional groups attached to an aromatic ring is 1. The summed E-state index contributed by atoms with van der Waals surface area (Å²) in [4.78, 5) is 1.34. The van der Waals surface area contributed by atoms with Crippen LogP contribution in [0.2, 0.25) is 0 Å². The largest absolute Gasteiger partial charge is 0.467 e. The second-order valence-electron chi connectivity index (χ2n) is 5.39. The third-order valence-electron chi connectivity index (χ3n) is 3.30. The van der Waals surface area contributed by atoms with Gasteiger partial charge in [-0.05, 0) is 26.0 Å². The first-order chi connectivity index (χ1) is 9.76. The van der Waals surface area contributed by atoms with Gasteiger partial charge in [0.1, 0.15) is 5.75 Å². The number of benzene rings is 1. The van der Waals surface area contributed by atoms with Gasteiger partial charge in [-0.1, -0.05) is 0 Å². The van der Waals surface area contributed by atoms with Gasteiger partial charge >= 0.3 is 6.18 Å². The van der Waals surface area contributed by atoms with Crippen LogP contribution in [-0.2, 0) is 17.9 Å². The number of hydrogen-bond donors (Lipinski definition) is 1. The predicted molar refractivity (Wildman–Crippen MR) is 72.7 cm³/mol. The summed E-state index contributed by atoms with van der Waals surface area (Å²) >= 11 is 0. The molecule has 0 saturated heterocycles. The highest BCUT2D eigenvalue weighted by Gasteiger charge is 2.32. The number of anilines is 1. The molecule has 0 unspecified atom stereocenters. The molecule has 0 aromatic heterocycles. The first-order valence-corrected chi connectivity index (χ1v) is 6.69. The molecule has 0 atom stereocenters. The summed E-state index contributed by atoms with van der Waals surface area (Å²) in [6.45, 7) is 3.08. The predicted octanol–water partition coefficient (Wildman–Crippen LogP) is 2.91. The summed E-state index contributed by atoms with van der Waals surface area (Å²) < 4.78 is 48.6. The Balaban J connectivity index is 2.26. The van der Waals surface area contributed by atoms with Crippen LogP contribution in [0.4, 0.5) is 18.9 Å². The number of hydrogen-bond acceptors (Lipinski definition) is 4. The molecule has 1 aromatic carbocycles. The lowest BCUT2D eigenvalue weighted by Crippen LogP contribution is -2.38. The van der Waals surface area contributed by atoms with Gasteiger partial charge in [0.2, 0.25) is 0 Å². The fourth-order valence-corrected chi connectivity index (χ4v) is 2.31. The van der Waals surface area contributed by atoms with Crippen LogP contribution >= 0.6 is 0 Å². The minimum atomic E-state index is -4.24. The van der Waals surface area contributed by atoms with E-state index in [2.05, 4.69) is 0 Å². The number of alkyl halides is 3. The monoisotopic (exact) mass is 304 g/mol. The van der Waals surface area contributed by atoms with E-state index < -0.39 is 12.7 Å². The minimum absolute atomic E-state index is 0.102. The van der Waals surface area contributed by atoms with Crippen molar-refractivity contribution in [3.63, 3.8) is 0 Å². The third kappa shape index (κ3) is 4.25. The summed E-state index contributed by atoms with van der Waals surface area (Å²) in [6.07, 6.45) is -4.24. The molecule has 0 amide bonds. The molecule has 1 aromatic rings. The van der Waals surface area contributed by atoms with E-state index in [0.717, 1.165) is 5.56 Å². The smallest absolute Gasteiger partial charge is 0.401 e. The molecule has 0 aliphatic carbocycles. The van der Waals surface area contributed by atoms with Crippen molar-refractivity contribution in [1.29, 1.82) is 0 Å². The Kier molecular flexibility index (Phi) is 4.63. The maximum Gasteiger partial charge on any atom is 0.401 e. The van der Waals surface area contributed by atoms with Crippen LogP contribution in [0.5, 0.6) is 5.75 Å². The third-order valence-corrected chi connectivity index (χ3v) is 3.30. The molecule has 1 aliphatic heterocycles. The summed E-state index contributed by atoms with van der Waals surface area (Å²) in [5.41, 5.74) is 7.73. The maximum atomic E-state index is 12.7. The maximum absolute atomic E-state index is 12.7. The highest BCUT2D eigenvalue weighted by Crippen LogP contribution is 2.32. The second-order valence-corrected chi connectivity index (χ2v) is 5.39. The molecule has 1 heterocycles. The van der Waals surface area contributed by atoms with Crippen molar-refractivity contribution in [2.45, 2.75) is 39.2 Å². The lowest BCUT2D eigenvalue weighted by Gasteiger charge is -2.29. The molecule has 0 radical (unpaired) electrons. The number of nitrogens with zero attached hydrogens (tertiary/aromatic N) is 1. The molecule has 0 saturated carbocycles. The molecule has 118 valence electrons. The van der Waals surface area contributed by atoms with E-state index in [4.69, 9.17) is 15.2 Å². The van der Waals surface area contributed by atoms with Crippen LogP contribution in [0.15, 0.2) is 12.1 Å². The lowest BCUT2D eigenvalue weighted by atomic mass is 10.1. The number of fused-ring (bicyclic) bond motifs is 1. The van der Waals surface area contributed by atoms with Crippen molar-refractivity contribution < 1.29 is 22.6 Å². The Bertz CT molecular complexity index is 504. The standard InChI is InChI=1S/C14H19F3N2O2/c1-9(2)19(7-14(15,16)17)5-10-3-12(18)4-11-6-20-8-21-13(10)11/h3-4,9H,5-8,18H2,1-2H3. The fraction of sp³-hybridized carbons (Fsp3) is 0.571. The molecule has 2 rings (SSSR count). The Morgan fingerprint density at radius 1 is 1.33 bits per heavy atom. The van der Waals surface area contributed by atoms with Crippen LogP contribution in [0.3, 0.4) is 0 Å². The Morgan fingerprint density at radius 2 is 2.05 bits per heavy atom. The van der Waals surface area contributed by atoms with Crippen LogP contribution in [-0.4, -0.2) is 30.5 Å². The van der Waals surface area contributed by atoms with Crippen LogP contribution in [0, 0.1) is 0 Å². The topological polar surface area (TPSA) is 47.7 Å². The highest BCUT2D eigenvalue weighted by atomic mass is 19.4. The molecule has 4 nitrogen and oxygen atoms in total. The van der Waals surface area contributed by atoms with E-state index in [0.29, 0.717) is 23.6 Å². The van der Waals surface area contributed by atoms with Gasteiger partial charge in [-0.3, -0.25) is 4.90 Å². The zero-order chi connectivity index (χ0) is 15.6. The Morgan fingerprint density at radius 3 is 2.67 bits per heavy atom. The van der Waals surface area contributed by atoms with E-state index in [1.54, 1.807) is 26.0 Å². The molecule has 7 heteroatoms. The Labute approximate surface area is 121 Å². The average Bonchev–Trinajstić information content (AvgIpc) is 2.36. The minimum Gasteiger partial charge on any atom is -0.467 e. The first-order valence-electron chi connectivity index (χ1n) is 6.69. The number of halogens is 3. The van der Waals surface area contributed by atoms with Gasteiger partial charge in [-0.2, -0.15) is 13.2 Å². The van der Waals surface area contributed by atoms with Gasteiger partial charge < -0.3 is 15.2 Å². The van der Waals surface area contributed by atoms with E-state index in [1.807, 2.05) is 0 Å². The van der Waals surface area contributed by atoms with E-state index in [9.17, 15) is 13.2 Å². The van der Waals surface area contributed by atoms with Gasteiger partial charge in [0.05, 0.1) is 13.2 Å². The summed E-state index contributed by atoms with van der Waals surface area (Å²) in [5.74, 6) is 0.586. The van der Waals surface area contributed by atoms with Crippen molar-refractivity contribution >= 4 is 5.69 Å². The molecule has 0 spiro atoms. The molecule has 0 fully saturated rings. The molecule has 1 aliphatic rings. The highest BCUT2D eigenvalue weighted by molar-refractivity contribution is 5.53. The quantitative estimate of drug-likeness (QED) is 0.869. The molecule has 2 N–H and O–H groups in total. The number of ether oxygens (including phenoxy) is 2. The normalized spacial score (nSPS) is 15.2. The van der Waals surface area contributed by atoms with Gasteiger partial charge in [-0.25, -0.2) is 0 Å². The Hall–Kier alpha value is -1.47. The number of nitrogens with two attached hydrogens (primary N) is 1. The van der Waals surface area contributed by atoms with Crippen molar-refractivity contribution in [3.8, 4) is 5.75 Å².